The van der Waals surface area contributed by atoms with Crippen molar-refractivity contribution < 1.29 is 14.3 Å². The summed E-state index contributed by atoms with van der Waals surface area (Å²) in [6.07, 6.45) is 1.62. The highest BCUT2D eigenvalue weighted by atomic mass is 35.5. The molecule has 6 heteroatoms. The molecule has 2 aromatic rings. The first kappa shape index (κ1) is 20.5. The molecule has 0 saturated heterocycles. The average molecular weight is 387 g/mol. The van der Waals surface area contributed by atoms with Gasteiger partial charge < -0.3 is 15.4 Å². The van der Waals surface area contributed by atoms with Crippen molar-refractivity contribution in [2.75, 3.05) is 13.7 Å². The molecule has 0 atom stereocenters. The second-order valence-electron chi connectivity index (χ2n) is 6.40. The second kappa shape index (κ2) is 9.78. The van der Waals surface area contributed by atoms with Gasteiger partial charge in [0.25, 0.3) is 11.8 Å². The van der Waals surface area contributed by atoms with Gasteiger partial charge in [-0.05, 0) is 54.0 Å². The van der Waals surface area contributed by atoms with E-state index in [1.54, 1.807) is 61.7 Å². The maximum atomic E-state index is 12.5. The second-order valence-corrected chi connectivity index (χ2v) is 6.83. The zero-order valence-corrected chi connectivity index (χ0v) is 16.3. The summed E-state index contributed by atoms with van der Waals surface area (Å²) >= 11 is 5.90. The molecule has 0 aliphatic rings. The van der Waals surface area contributed by atoms with E-state index in [0.29, 0.717) is 28.8 Å². The van der Waals surface area contributed by atoms with E-state index in [-0.39, 0.29) is 17.5 Å². The van der Waals surface area contributed by atoms with Gasteiger partial charge in [-0.15, -0.1) is 0 Å². The van der Waals surface area contributed by atoms with Crippen LogP contribution in [-0.4, -0.2) is 25.5 Å². The Morgan fingerprint density at radius 2 is 1.70 bits per heavy atom. The normalized spacial score (nSPS) is 11.2. The number of amides is 2. The molecule has 0 unspecified atom stereocenters. The molecule has 142 valence electrons. The molecule has 2 aromatic carbocycles. The predicted octanol–water partition coefficient (Wildman–Crippen LogP) is 3.89. The van der Waals surface area contributed by atoms with Gasteiger partial charge in [0.1, 0.15) is 11.4 Å². The zero-order valence-electron chi connectivity index (χ0n) is 15.6. The third-order valence-corrected chi connectivity index (χ3v) is 3.95. The number of ether oxygens (including phenoxy) is 1. The number of halogens is 1. The van der Waals surface area contributed by atoms with E-state index in [1.165, 1.54) is 0 Å². The van der Waals surface area contributed by atoms with Gasteiger partial charge in [-0.3, -0.25) is 9.59 Å². The lowest BCUT2D eigenvalue weighted by Gasteiger charge is -2.13. The van der Waals surface area contributed by atoms with Crippen LogP contribution in [0.3, 0.4) is 0 Å². The maximum Gasteiger partial charge on any atom is 0.267 e. The third-order valence-electron chi connectivity index (χ3n) is 3.70. The fourth-order valence-corrected chi connectivity index (χ4v) is 2.34. The first-order valence-electron chi connectivity index (χ1n) is 8.60. The molecule has 0 fully saturated rings. The van der Waals surface area contributed by atoms with Gasteiger partial charge in [0.05, 0.1) is 7.11 Å². The van der Waals surface area contributed by atoms with E-state index >= 15 is 0 Å². The van der Waals surface area contributed by atoms with E-state index < -0.39 is 0 Å². The van der Waals surface area contributed by atoms with Gasteiger partial charge in [-0.25, -0.2) is 0 Å². The van der Waals surface area contributed by atoms with Gasteiger partial charge in [0, 0.05) is 17.1 Å². The molecule has 0 bridgehead atoms. The van der Waals surface area contributed by atoms with Crippen LogP contribution in [0.4, 0.5) is 0 Å². The number of benzene rings is 2. The summed E-state index contributed by atoms with van der Waals surface area (Å²) in [7, 11) is 1.56. The number of hydrogen-bond acceptors (Lipinski definition) is 3. The van der Waals surface area contributed by atoms with Gasteiger partial charge in [0.15, 0.2) is 0 Å². The van der Waals surface area contributed by atoms with E-state index in [4.69, 9.17) is 16.3 Å². The number of methoxy groups -OCH3 is 1. The molecule has 0 radical (unpaired) electrons. The summed E-state index contributed by atoms with van der Waals surface area (Å²) in [5.74, 6) is 0.222. The predicted molar refractivity (Wildman–Crippen MR) is 108 cm³/mol. The minimum Gasteiger partial charge on any atom is -0.497 e. The van der Waals surface area contributed by atoms with Crippen LogP contribution in [0.1, 0.15) is 29.8 Å². The van der Waals surface area contributed by atoms with Crippen molar-refractivity contribution in [2.45, 2.75) is 13.8 Å². The number of carbonyl (C=O) groups excluding carboxylic acids is 2. The summed E-state index contributed by atoms with van der Waals surface area (Å²) < 4.78 is 5.09. The molecular formula is C21H23ClN2O3. The Balaban J connectivity index is 2.23. The van der Waals surface area contributed by atoms with Crippen LogP contribution in [-0.2, 0) is 4.79 Å². The largest absolute Gasteiger partial charge is 0.497 e. The summed E-state index contributed by atoms with van der Waals surface area (Å²) in [4.78, 5) is 25.1. The van der Waals surface area contributed by atoms with Crippen molar-refractivity contribution in [2.24, 2.45) is 5.92 Å². The monoisotopic (exact) mass is 386 g/mol. The van der Waals surface area contributed by atoms with E-state index in [0.717, 1.165) is 5.56 Å². The highest BCUT2D eigenvalue weighted by Gasteiger charge is 2.15. The molecule has 0 aromatic heterocycles. The van der Waals surface area contributed by atoms with Crippen LogP contribution in [0.25, 0.3) is 6.08 Å². The highest BCUT2D eigenvalue weighted by Crippen LogP contribution is 2.14. The van der Waals surface area contributed by atoms with Gasteiger partial charge >= 0.3 is 0 Å². The van der Waals surface area contributed by atoms with Crippen molar-refractivity contribution in [3.05, 3.63) is 70.4 Å². The lowest BCUT2D eigenvalue weighted by Crippen LogP contribution is -2.36. The Labute approximate surface area is 164 Å². The van der Waals surface area contributed by atoms with Crippen molar-refractivity contribution in [1.82, 2.24) is 10.6 Å². The Bertz CT molecular complexity index is 812. The topological polar surface area (TPSA) is 67.4 Å². The molecule has 0 aliphatic heterocycles. The van der Waals surface area contributed by atoms with Crippen LogP contribution in [0.5, 0.6) is 5.75 Å². The van der Waals surface area contributed by atoms with Crippen LogP contribution in [0.2, 0.25) is 5.02 Å². The molecule has 0 saturated carbocycles. The molecular weight excluding hydrogens is 364 g/mol. The molecule has 0 aliphatic carbocycles. The van der Waals surface area contributed by atoms with Crippen molar-refractivity contribution in [3.63, 3.8) is 0 Å². The van der Waals surface area contributed by atoms with Gasteiger partial charge in [0.2, 0.25) is 0 Å². The van der Waals surface area contributed by atoms with Crippen LogP contribution < -0.4 is 15.4 Å². The molecule has 2 N–H and O–H groups in total. The molecule has 2 rings (SSSR count). The SMILES string of the molecule is COc1ccc(C(=O)NC(=Cc2ccc(Cl)cc2)C(=O)NCC(C)C)cc1. The first-order chi connectivity index (χ1) is 12.9. The average Bonchev–Trinajstić information content (AvgIpc) is 2.67. The van der Waals surface area contributed by atoms with Crippen LogP contribution in [0.15, 0.2) is 54.2 Å². The summed E-state index contributed by atoms with van der Waals surface area (Å²) in [6, 6.07) is 13.7. The van der Waals surface area contributed by atoms with Crippen LogP contribution in [0, 0.1) is 5.92 Å². The summed E-state index contributed by atoms with van der Waals surface area (Å²) in [6.45, 7) is 4.51. The molecule has 5 nitrogen and oxygen atoms in total. The molecule has 0 heterocycles. The highest BCUT2D eigenvalue weighted by molar-refractivity contribution is 6.30. The summed E-state index contributed by atoms with van der Waals surface area (Å²) in [5.41, 5.74) is 1.34. The third kappa shape index (κ3) is 6.46. The molecule has 2 amide bonds. The lowest BCUT2D eigenvalue weighted by molar-refractivity contribution is -0.117. The fourth-order valence-electron chi connectivity index (χ4n) is 2.21. The van der Waals surface area contributed by atoms with Crippen LogP contribution >= 0.6 is 11.6 Å². The first-order valence-corrected chi connectivity index (χ1v) is 8.97. The number of carbonyl (C=O) groups is 2. The van der Waals surface area contributed by atoms with E-state index in [9.17, 15) is 9.59 Å². The Hall–Kier alpha value is -2.79. The van der Waals surface area contributed by atoms with Crippen molar-refractivity contribution in [1.29, 1.82) is 0 Å². The fraction of sp³-hybridized carbons (Fsp3) is 0.238. The number of hydrogen-bond donors (Lipinski definition) is 2. The Morgan fingerprint density at radius 3 is 2.26 bits per heavy atom. The minimum absolute atomic E-state index is 0.166. The standard InChI is InChI=1S/C21H23ClN2O3/c1-14(2)13-23-21(26)19(12-15-4-8-17(22)9-5-15)24-20(25)16-6-10-18(27-3)11-7-16/h4-12,14H,13H2,1-3H3,(H,23,26)(H,24,25). The zero-order chi connectivity index (χ0) is 19.8. The van der Waals surface area contributed by atoms with E-state index in [2.05, 4.69) is 10.6 Å². The Kier molecular flexibility index (Phi) is 7.44. The lowest BCUT2D eigenvalue weighted by atomic mass is 10.1. The molecule has 0 spiro atoms. The summed E-state index contributed by atoms with van der Waals surface area (Å²) in [5, 5.41) is 6.11. The van der Waals surface area contributed by atoms with Crippen molar-refractivity contribution in [3.8, 4) is 5.75 Å². The van der Waals surface area contributed by atoms with E-state index in [1.807, 2.05) is 13.8 Å². The van der Waals surface area contributed by atoms with Gasteiger partial charge in [-0.1, -0.05) is 37.6 Å². The minimum atomic E-state index is -0.377. The smallest absolute Gasteiger partial charge is 0.267 e. The quantitative estimate of drug-likeness (QED) is 0.709. The maximum absolute atomic E-state index is 12.5. The molecule has 27 heavy (non-hydrogen) atoms. The number of nitrogens with one attached hydrogen (secondary N) is 2. The van der Waals surface area contributed by atoms with Crippen molar-refractivity contribution >= 4 is 29.5 Å². The van der Waals surface area contributed by atoms with Gasteiger partial charge in [-0.2, -0.15) is 0 Å². The Morgan fingerprint density at radius 1 is 1.07 bits per heavy atom. The number of rotatable bonds is 7.